The molecule has 0 spiro atoms. The summed E-state index contributed by atoms with van der Waals surface area (Å²) in [6.45, 7) is 0.458. The van der Waals surface area contributed by atoms with Gasteiger partial charge in [-0.15, -0.1) is 11.6 Å². The molecule has 0 bridgehead atoms. The van der Waals surface area contributed by atoms with Crippen LogP contribution >= 0.6 is 11.6 Å². The van der Waals surface area contributed by atoms with E-state index in [1.54, 1.807) is 12.1 Å². The molecule has 1 aromatic carbocycles. The summed E-state index contributed by atoms with van der Waals surface area (Å²) in [6.07, 6.45) is 1.65. The molecule has 0 aliphatic heterocycles. The molecule has 0 atom stereocenters. The molecule has 0 radical (unpaired) electrons. The molecule has 2 rings (SSSR count). The highest BCUT2D eigenvalue weighted by Gasteiger charge is 2.18. The Morgan fingerprint density at radius 3 is 2.83 bits per heavy atom. The Bertz CT molecular complexity index is 550. The van der Waals surface area contributed by atoms with Gasteiger partial charge in [-0.3, -0.25) is 0 Å². The monoisotopic (exact) mass is 267 g/mol. The van der Waals surface area contributed by atoms with Gasteiger partial charge in [-0.1, -0.05) is 18.2 Å². The molecule has 2 N–H and O–H groups in total. The first-order chi connectivity index (χ1) is 8.74. The number of ether oxygens (including phenoxy) is 1. The Kier molecular flexibility index (Phi) is 4.10. The van der Waals surface area contributed by atoms with E-state index < -0.39 is 5.97 Å². The van der Waals surface area contributed by atoms with E-state index in [1.807, 2.05) is 12.1 Å². The van der Waals surface area contributed by atoms with Crippen LogP contribution in [0.4, 0.5) is 0 Å². The number of benzene rings is 1. The lowest BCUT2D eigenvalue weighted by atomic mass is 10.2. The van der Waals surface area contributed by atoms with E-state index in [0.717, 1.165) is 18.4 Å². The number of hydrogen-bond donors (Lipinski definition) is 2. The molecule has 1 aromatic heterocycles. The fraction of sp³-hybridized carbons (Fsp3) is 0.308. The van der Waals surface area contributed by atoms with Crippen molar-refractivity contribution in [3.05, 3.63) is 29.8 Å². The summed E-state index contributed by atoms with van der Waals surface area (Å²) < 4.78 is 5.49. The summed E-state index contributed by atoms with van der Waals surface area (Å²) in [5.74, 6) is -0.0833. The van der Waals surface area contributed by atoms with Crippen molar-refractivity contribution in [2.45, 2.75) is 12.8 Å². The van der Waals surface area contributed by atoms with E-state index in [4.69, 9.17) is 16.3 Å². The minimum atomic E-state index is -0.986. The van der Waals surface area contributed by atoms with Gasteiger partial charge in [-0.25, -0.2) is 4.79 Å². The van der Waals surface area contributed by atoms with Gasteiger partial charge in [-0.05, 0) is 18.9 Å². The minimum Gasteiger partial charge on any atom is -0.478 e. The maximum absolute atomic E-state index is 11.3. The molecule has 0 fully saturated rings. The second-order valence-electron chi connectivity index (χ2n) is 3.92. The Balaban J connectivity index is 2.25. The van der Waals surface area contributed by atoms with Crippen molar-refractivity contribution in [1.82, 2.24) is 4.98 Å². The van der Waals surface area contributed by atoms with E-state index in [9.17, 15) is 9.90 Å². The molecule has 0 aliphatic rings. The molecule has 1 heterocycles. The Morgan fingerprint density at radius 2 is 2.11 bits per heavy atom. The molecule has 96 valence electrons. The number of aromatic carboxylic acids is 1. The maximum Gasteiger partial charge on any atom is 0.341 e. The van der Waals surface area contributed by atoms with Crippen molar-refractivity contribution in [2.24, 2.45) is 0 Å². The number of carboxylic acid groups (broad SMARTS) is 1. The molecule has 0 unspecified atom stereocenters. The highest BCUT2D eigenvalue weighted by molar-refractivity contribution is 6.17. The fourth-order valence-electron chi connectivity index (χ4n) is 1.81. The number of fused-ring (bicyclic) bond motifs is 1. The molecular formula is C13H14ClNO3. The van der Waals surface area contributed by atoms with Crippen molar-refractivity contribution < 1.29 is 14.6 Å². The Hall–Kier alpha value is -1.68. The first-order valence-electron chi connectivity index (χ1n) is 5.77. The van der Waals surface area contributed by atoms with E-state index in [2.05, 4.69) is 4.98 Å². The number of alkyl halides is 1. The fourth-order valence-corrected chi connectivity index (χ4v) is 2.00. The summed E-state index contributed by atoms with van der Waals surface area (Å²) in [4.78, 5) is 14.3. The van der Waals surface area contributed by atoms with Crippen LogP contribution in [-0.4, -0.2) is 28.5 Å². The van der Waals surface area contributed by atoms with Gasteiger partial charge in [0, 0.05) is 16.8 Å². The number of carboxylic acids is 1. The molecular weight excluding hydrogens is 254 g/mol. The second-order valence-corrected chi connectivity index (χ2v) is 4.30. The molecule has 2 aromatic rings. The zero-order valence-corrected chi connectivity index (χ0v) is 10.5. The van der Waals surface area contributed by atoms with Gasteiger partial charge in [0.1, 0.15) is 5.56 Å². The Labute approximate surface area is 110 Å². The average molecular weight is 268 g/mol. The predicted octanol–water partition coefficient (Wildman–Crippen LogP) is 3.26. The van der Waals surface area contributed by atoms with E-state index >= 15 is 0 Å². The van der Waals surface area contributed by atoms with Gasteiger partial charge in [0.2, 0.25) is 5.88 Å². The summed E-state index contributed by atoms with van der Waals surface area (Å²) in [5.41, 5.74) is 0.957. The third-order valence-corrected chi connectivity index (χ3v) is 2.93. The number of rotatable bonds is 6. The molecule has 0 aliphatic carbocycles. The highest BCUT2D eigenvalue weighted by Crippen LogP contribution is 2.28. The summed E-state index contributed by atoms with van der Waals surface area (Å²) in [5, 5.41) is 9.90. The maximum atomic E-state index is 11.3. The smallest absolute Gasteiger partial charge is 0.341 e. The van der Waals surface area contributed by atoms with E-state index in [1.165, 1.54) is 0 Å². The van der Waals surface area contributed by atoms with Crippen LogP contribution in [0.25, 0.3) is 10.9 Å². The third kappa shape index (κ3) is 2.59. The predicted molar refractivity (Wildman–Crippen MR) is 70.7 cm³/mol. The van der Waals surface area contributed by atoms with Crippen LogP contribution in [0, 0.1) is 0 Å². The third-order valence-electron chi connectivity index (χ3n) is 2.66. The normalized spacial score (nSPS) is 10.7. The van der Waals surface area contributed by atoms with Gasteiger partial charge in [0.15, 0.2) is 0 Å². The molecule has 0 saturated heterocycles. The minimum absolute atomic E-state index is 0.191. The first kappa shape index (κ1) is 12.8. The molecule has 0 amide bonds. The first-order valence-corrected chi connectivity index (χ1v) is 6.30. The van der Waals surface area contributed by atoms with Crippen molar-refractivity contribution in [3.63, 3.8) is 0 Å². The lowest BCUT2D eigenvalue weighted by Gasteiger charge is -2.04. The van der Waals surface area contributed by atoms with Crippen LogP contribution in [0.15, 0.2) is 24.3 Å². The van der Waals surface area contributed by atoms with E-state index in [0.29, 0.717) is 23.8 Å². The van der Waals surface area contributed by atoms with Crippen molar-refractivity contribution in [1.29, 1.82) is 0 Å². The van der Waals surface area contributed by atoms with Crippen molar-refractivity contribution >= 4 is 28.5 Å². The average Bonchev–Trinajstić information content (AvgIpc) is 2.73. The number of aromatic amines is 1. The summed E-state index contributed by atoms with van der Waals surface area (Å²) >= 11 is 5.57. The SMILES string of the molecule is O=C(O)c1c(OCCCCCl)[nH]c2ccccc12. The summed E-state index contributed by atoms with van der Waals surface area (Å²) in [6, 6.07) is 7.25. The van der Waals surface area contributed by atoms with Gasteiger partial charge in [0.05, 0.1) is 6.61 Å². The number of halogens is 1. The number of nitrogens with one attached hydrogen (secondary N) is 1. The Morgan fingerprint density at radius 1 is 1.33 bits per heavy atom. The van der Waals surface area contributed by atoms with E-state index in [-0.39, 0.29) is 5.56 Å². The van der Waals surface area contributed by atoms with Gasteiger partial charge in [-0.2, -0.15) is 0 Å². The molecule has 4 nitrogen and oxygen atoms in total. The second kappa shape index (κ2) is 5.78. The van der Waals surface area contributed by atoms with Crippen LogP contribution in [0.5, 0.6) is 5.88 Å². The number of aromatic nitrogens is 1. The highest BCUT2D eigenvalue weighted by atomic mass is 35.5. The van der Waals surface area contributed by atoms with Gasteiger partial charge < -0.3 is 14.8 Å². The zero-order chi connectivity index (χ0) is 13.0. The number of para-hydroxylation sites is 1. The molecule has 5 heteroatoms. The molecule has 18 heavy (non-hydrogen) atoms. The van der Waals surface area contributed by atoms with Crippen LogP contribution in [0.2, 0.25) is 0 Å². The topological polar surface area (TPSA) is 62.3 Å². The summed E-state index contributed by atoms with van der Waals surface area (Å²) in [7, 11) is 0. The van der Waals surface area contributed by atoms with Crippen LogP contribution in [-0.2, 0) is 0 Å². The number of hydrogen-bond acceptors (Lipinski definition) is 2. The quantitative estimate of drug-likeness (QED) is 0.624. The number of H-pyrrole nitrogens is 1. The lowest BCUT2D eigenvalue weighted by molar-refractivity contribution is 0.0694. The number of unbranched alkanes of at least 4 members (excludes halogenated alkanes) is 1. The van der Waals surface area contributed by atoms with Crippen molar-refractivity contribution in [2.75, 3.05) is 12.5 Å². The van der Waals surface area contributed by atoms with Crippen LogP contribution < -0.4 is 4.74 Å². The van der Waals surface area contributed by atoms with Gasteiger partial charge >= 0.3 is 5.97 Å². The van der Waals surface area contributed by atoms with Crippen LogP contribution in [0.1, 0.15) is 23.2 Å². The standard InChI is InChI=1S/C13H14ClNO3/c14-7-3-4-8-18-12-11(13(16)17)9-5-1-2-6-10(9)15-12/h1-2,5-6,15H,3-4,7-8H2,(H,16,17). The van der Waals surface area contributed by atoms with Gasteiger partial charge in [0.25, 0.3) is 0 Å². The molecule has 0 saturated carbocycles. The van der Waals surface area contributed by atoms with Crippen LogP contribution in [0.3, 0.4) is 0 Å². The number of carbonyl (C=O) groups is 1. The lowest BCUT2D eigenvalue weighted by Crippen LogP contribution is -2.03. The largest absolute Gasteiger partial charge is 0.478 e. The van der Waals surface area contributed by atoms with Crippen molar-refractivity contribution in [3.8, 4) is 5.88 Å². The zero-order valence-electron chi connectivity index (χ0n) is 9.78.